The summed E-state index contributed by atoms with van der Waals surface area (Å²) in [7, 11) is 0. The average molecular weight is 333 g/mol. The van der Waals surface area contributed by atoms with Crippen LogP contribution in [0.5, 0.6) is 5.75 Å². The number of nitrogens with one attached hydrogen (secondary N) is 1. The molecule has 0 aromatic heterocycles. The first-order chi connectivity index (χ1) is 7.81. The van der Waals surface area contributed by atoms with E-state index in [1.807, 2.05) is 13.0 Å². The van der Waals surface area contributed by atoms with Gasteiger partial charge in [0.15, 0.2) is 0 Å². The Morgan fingerprint density at radius 2 is 2.44 bits per heavy atom. The van der Waals surface area contributed by atoms with Crippen molar-refractivity contribution in [2.24, 2.45) is 0 Å². The van der Waals surface area contributed by atoms with Gasteiger partial charge in [-0.3, -0.25) is 0 Å². The number of hydrogen-bond donors (Lipinski definition) is 1. The second kappa shape index (κ2) is 5.84. The third-order valence-electron chi connectivity index (χ3n) is 2.57. The minimum Gasteiger partial charge on any atom is -0.494 e. The first-order valence-corrected chi connectivity index (χ1v) is 6.62. The molecule has 1 aromatic carbocycles. The molecule has 0 radical (unpaired) electrons. The molecule has 1 heterocycles. The maximum absolute atomic E-state index is 5.65. The molecule has 0 aliphatic carbocycles. The fourth-order valence-corrected chi connectivity index (χ4v) is 2.36. The number of ether oxygens (including phenoxy) is 2. The molecule has 1 aliphatic rings. The zero-order valence-electron chi connectivity index (χ0n) is 9.33. The Kier molecular flexibility index (Phi) is 4.43. The van der Waals surface area contributed by atoms with E-state index in [0.29, 0.717) is 6.61 Å². The highest BCUT2D eigenvalue weighted by atomic mass is 127. The van der Waals surface area contributed by atoms with E-state index < -0.39 is 0 Å². The van der Waals surface area contributed by atoms with Crippen molar-refractivity contribution in [1.29, 1.82) is 0 Å². The largest absolute Gasteiger partial charge is 0.494 e. The number of rotatable bonds is 3. The van der Waals surface area contributed by atoms with E-state index in [9.17, 15) is 0 Å². The van der Waals surface area contributed by atoms with E-state index >= 15 is 0 Å². The zero-order valence-corrected chi connectivity index (χ0v) is 11.5. The minimum atomic E-state index is 0.255. The summed E-state index contributed by atoms with van der Waals surface area (Å²) in [5.41, 5.74) is 1.20. The van der Waals surface area contributed by atoms with Gasteiger partial charge in [0.25, 0.3) is 0 Å². The molecular formula is C12H16INO2. The van der Waals surface area contributed by atoms with Gasteiger partial charge < -0.3 is 14.8 Å². The van der Waals surface area contributed by atoms with E-state index in [0.717, 1.165) is 25.5 Å². The van der Waals surface area contributed by atoms with Crippen molar-refractivity contribution >= 4 is 22.6 Å². The molecule has 1 unspecified atom stereocenters. The quantitative estimate of drug-likeness (QED) is 0.862. The van der Waals surface area contributed by atoms with E-state index in [1.165, 1.54) is 9.13 Å². The van der Waals surface area contributed by atoms with Crippen molar-refractivity contribution in [1.82, 2.24) is 5.32 Å². The minimum absolute atomic E-state index is 0.255. The summed E-state index contributed by atoms with van der Waals surface area (Å²) in [6.07, 6.45) is 0. The second-order valence-electron chi connectivity index (χ2n) is 3.70. The van der Waals surface area contributed by atoms with Crippen LogP contribution in [0.25, 0.3) is 0 Å². The van der Waals surface area contributed by atoms with Gasteiger partial charge in [-0.15, -0.1) is 0 Å². The Morgan fingerprint density at radius 3 is 3.12 bits per heavy atom. The lowest BCUT2D eigenvalue weighted by molar-refractivity contribution is 0.0758. The van der Waals surface area contributed by atoms with Crippen LogP contribution in [0.4, 0.5) is 0 Å². The molecular weight excluding hydrogens is 317 g/mol. The summed E-state index contributed by atoms with van der Waals surface area (Å²) in [4.78, 5) is 0. The normalized spacial score (nSPS) is 20.8. The molecule has 0 spiro atoms. The lowest BCUT2D eigenvalue weighted by Gasteiger charge is -2.26. The molecule has 1 saturated heterocycles. The van der Waals surface area contributed by atoms with Crippen molar-refractivity contribution in [3.05, 3.63) is 27.3 Å². The van der Waals surface area contributed by atoms with Crippen LogP contribution in [0.3, 0.4) is 0 Å². The molecule has 0 saturated carbocycles. The summed E-state index contributed by atoms with van der Waals surface area (Å²) >= 11 is 2.32. The van der Waals surface area contributed by atoms with Gasteiger partial charge in [0.1, 0.15) is 5.75 Å². The fourth-order valence-electron chi connectivity index (χ4n) is 1.84. The maximum atomic E-state index is 5.65. The van der Waals surface area contributed by atoms with E-state index in [-0.39, 0.29) is 6.04 Å². The summed E-state index contributed by atoms with van der Waals surface area (Å²) in [6, 6.07) is 6.53. The highest BCUT2D eigenvalue weighted by molar-refractivity contribution is 14.1. The van der Waals surface area contributed by atoms with Crippen molar-refractivity contribution in [3.63, 3.8) is 0 Å². The number of benzene rings is 1. The third kappa shape index (κ3) is 2.87. The Hall–Kier alpha value is -0.330. The van der Waals surface area contributed by atoms with Crippen LogP contribution in [0, 0.1) is 3.57 Å². The van der Waals surface area contributed by atoms with Gasteiger partial charge >= 0.3 is 0 Å². The smallest absolute Gasteiger partial charge is 0.124 e. The van der Waals surface area contributed by atoms with Crippen LogP contribution in [-0.4, -0.2) is 26.4 Å². The van der Waals surface area contributed by atoms with Gasteiger partial charge in [0, 0.05) is 15.7 Å². The zero-order chi connectivity index (χ0) is 11.4. The Morgan fingerprint density at radius 1 is 1.56 bits per heavy atom. The van der Waals surface area contributed by atoms with Crippen molar-refractivity contribution in [2.45, 2.75) is 13.0 Å². The molecule has 1 N–H and O–H groups in total. The fraction of sp³-hybridized carbons (Fsp3) is 0.500. The summed E-state index contributed by atoms with van der Waals surface area (Å²) in [5.74, 6) is 0.964. The van der Waals surface area contributed by atoms with E-state index in [1.54, 1.807) is 0 Å². The highest BCUT2D eigenvalue weighted by Gasteiger charge is 2.19. The molecule has 3 nitrogen and oxygen atoms in total. The molecule has 1 atom stereocenters. The van der Waals surface area contributed by atoms with Crippen molar-refractivity contribution in [3.8, 4) is 5.75 Å². The lowest BCUT2D eigenvalue weighted by Crippen LogP contribution is -2.34. The Balaban J connectivity index is 2.24. The van der Waals surface area contributed by atoms with Gasteiger partial charge in [-0.1, -0.05) is 0 Å². The van der Waals surface area contributed by atoms with Crippen LogP contribution in [0.1, 0.15) is 18.5 Å². The van der Waals surface area contributed by atoms with Gasteiger partial charge in [0.2, 0.25) is 0 Å². The van der Waals surface area contributed by atoms with Gasteiger partial charge in [-0.25, -0.2) is 0 Å². The molecule has 0 amide bonds. The van der Waals surface area contributed by atoms with Crippen LogP contribution >= 0.6 is 22.6 Å². The standard InChI is InChI=1S/C12H16INO2/c1-2-16-12-4-3-9(13)7-10(12)11-8-15-6-5-14-11/h3-4,7,11,14H,2,5-6,8H2,1H3. The Bertz CT molecular complexity index is 351. The first kappa shape index (κ1) is 12.1. The van der Waals surface area contributed by atoms with Gasteiger partial charge in [-0.2, -0.15) is 0 Å². The summed E-state index contributed by atoms with van der Waals surface area (Å²) in [6.45, 7) is 5.12. The summed E-state index contributed by atoms with van der Waals surface area (Å²) in [5, 5.41) is 3.45. The average Bonchev–Trinajstić information content (AvgIpc) is 2.33. The van der Waals surface area contributed by atoms with Crippen LogP contribution in [-0.2, 0) is 4.74 Å². The molecule has 4 heteroatoms. The van der Waals surface area contributed by atoms with Crippen LogP contribution in [0.15, 0.2) is 18.2 Å². The summed E-state index contributed by atoms with van der Waals surface area (Å²) < 4.78 is 12.4. The molecule has 1 aliphatic heterocycles. The second-order valence-corrected chi connectivity index (χ2v) is 4.94. The Labute approximate surface area is 110 Å². The first-order valence-electron chi connectivity index (χ1n) is 5.54. The number of hydrogen-bond acceptors (Lipinski definition) is 3. The number of morpholine rings is 1. The molecule has 1 fully saturated rings. The third-order valence-corrected chi connectivity index (χ3v) is 3.24. The SMILES string of the molecule is CCOc1ccc(I)cc1C1COCCN1. The molecule has 0 bridgehead atoms. The topological polar surface area (TPSA) is 30.5 Å². The van der Waals surface area contributed by atoms with Crippen LogP contribution < -0.4 is 10.1 Å². The van der Waals surface area contributed by atoms with Crippen molar-refractivity contribution < 1.29 is 9.47 Å². The van der Waals surface area contributed by atoms with Crippen LogP contribution in [0.2, 0.25) is 0 Å². The predicted octanol–water partition coefficient (Wildman–Crippen LogP) is 2.35. The monoisotopic (exact) mass is 333 g/mol. The van der Waals surface area contributed by atoms with Gasteiger partial charge in [-0.05, 0) is 47.7 Å². The lowest BCUT2D eigenvalue weighted by atomic mass is 10.1. The van der Waals surface area contributed by atoms with E-state index in [2.05, 4.69) is 40.0 Å². The molecule has 16 heavy (non-hydrogen) atoms. The van der Waals surface area contributed by atoms with E-state index in [4.69, 9.17) is 9.47 Å². The number of halogens is 1. The van der Waals surface area contributed by atoms with Crippen molar-refractivity contribution in [2.75, 3.05) is 26.4 Å². The highest BCUT2D eigenvalue weighted by Crippen LogP contribution is 2.28. The predicted molar refractivity (Wildman–Crippen MR) is 71.9 cm³/mol. The van der Waals surface area contributed by atoms with Gasteiger partial charge in [0.05, 0.1) is 25.9 Å². The molecule has 88 valence electrons. The molecule has 2 rings (SSSR count). The maximum Gasteiger partial charge on any atom is 0.124 e. The molecule has 1 aromatic rings.